The van der Waals surface area contributed by atoms with Crippen molar-refractivity contribution < 1.29 is 14.0 Å². The summed E-state index contributed by atoms with van der Waals surface area (Å²) in [6.07, 6.45) is 4.06. The standard InChI is InChI=1S/C25H25FN4O2/c26-22-13-18(25(32)30-19-7-8-19)12-20(21(22)14-27)23-9-6-17(15-29-23)24(31)28-11-10-16-4-2-1-3-5-16/h1-6,9,12-13,15,19H,7-8,10-11,14,27H2,(H,28,31)(H,30,32). The van der Waals surface area contributed by atoms with Crippen LogP contribution in [0.4, 0.5) is 4.39 Å². The number of rotatable bonds is 8. The van der Waals surface area contributed by atoms with Crippen molar-refractivity contribution in [3.8, 4) is 11.3 Å². The molecule has 2 amide bonds. The maximum atomic E-state index is 14.6. The summed E-state index contributed by atoms with van der Waals surface area (Å²) in [7, 11) is 0. The molecule has 0 radical (unpaired) electrons. The third-order valence-corrected chi connectivity index (χ3v) is 5.42. The molecule has 0 unspecified atom stereocenters. The molecule has 0 atom stereocenters. The Bertz CT molecular complexity index is 1110. The van der Waals surface area contributed by atoms with Gasteiger partial charge in [-0.2, -0.15) is 0 Å². The fourth-order valence-corrected chi connectivity index (χ4v) is 3.45. The average Bonchev–Trinajstić information content (AvgIpc) is 3.63. The lowest BCUT2D eigenvalue weighted by Gasteiger charge is -2.12. The fraction of sp³-hybridized carbons (Fsp3) is 0.240. The Hall–Kier alpha value is -3.58. The quantitative estimate of drug-likeness (QED) is 0.509. The van der Waals surface area contributed by atoms with Gasteiger partial charge in [-0.3, -0.25) is 14.6 Å². The number of benzene rings is 2. The summed E-state index contributed by atoms with van der Waals surface area (Å²) in [5.41, 5.74) is 8.70. The zero-order chi connectivity index (χ0) is 22.5. The summed E-state index contributed by atoms with van der Waals surface area (Å²) in [5, 5.41) is 5.73. The second-order valence-electron chi connectivity index (χ2n) is 7.86. The third kappa shape index (κ3) is 5.18. The molecule has 4 rings (SSSR count). The first-order valence-electron chi connectivity index (χ1n) is 10.7. The lowest BCUT2D eigenvalue weighted by molar-refractivity contribution is 0.0944. The Morgan fingerprint density at radius 2 is 1.81 bits per heavy atom. The number of nitrogens with two attached hydrogens (primary N) is 1. The van der Waals surface area contributed by atoms with Crippen molar-refractivity contribution in [1.82, 2.24) is 15.6 Å². The maximum Gasteiger partial charge on any atom is 0.252 e. The van der Waals surface area contributed by atoms with E-state index in [-0.39, 0.29) is 35.5 Å². The highest BCUT2D eigenvalue weighted by Crippen LogP contribution is 2.27. The maximum absolute atomic E-state index is 14.6. The van der Waals surface area contributed by atoms with E-state index in [2.05, 4.69) is 15.6 Å². The van der Waals surface area contributed by atoms with E-state index in [4.69, 9.17) is 5.73 Å². The smallest absolute Gasteiger partial charge is 0.252 e. The molecule has 164 valence electrons. The van der Waals surface area contributed by atoms with E-state index in [1.54, 1.807) is 18.2 Å². The summed E-state index contributed by atoms with van der Waals surface area (Å²) in [6.45, 7) is 0.473. The highest BCUT2D eigenvalue weighted by molar-refractivity contribution is 5.96. The minimum atomic E-state index is -0.546. The Morgan fingerprint density at radius 1 is 1.03 bits per heavy atom. The predicted octanol–water partition coefficient (Wildman–Crippen LogP) is 3.21. The van der Waals surface area contributed by atoms with Gasteiger partial charge in [0.1, 0.15) is 5.82 Å². The molecule has 2 aromatic carbocycles. The molecule has 1 fully saturated rings. The number of amides is 2. The van der Waals surface area contributed by atoms with Crippen molar-refractivity contribution >= 4 is 11.8 Å². The van der Waals surface area contributed by atoms with Gasteiger partial charge in [-0.25, -0.2) is 4.39 Å². The lowest BCUT2D eigenvalue weighted by atomic mass is 9.99. The van der Waals surface area contributed by atoms with E-state index in [9.17, 15) is 14.0 Å². The molecule has 0 saturated heterocycles. The summed E-state index contributed by atoms with van der Waals surface area (Å²) in [4.78, 5) is 29.2. The van der Waals surface area contributed by atoms with E-state index >= 15 is 0 Å². The Morgan fingerprint density at radius 3 is 2.47 bits per heavy atom. The molecule has 6 nitrogen and oxygen atoms in total. The number of aromatic nitrogens is 1. The number of carbonyl (C=O) groups is 2. The van der Waals surface area contributed by atoms with Gasteiger partial charge in [0.05, 0.1) is 11.3 Å². The molecule has 7 heteroatoms. The van der Waals surface area contributed by atoms with Gasteiger partial charge in [0.15, 0.2) is 0 Å². The van der Waals surface area contributed by atoms with Gasteiger partial charge in [-0.1, -0.05) is 30.3 Å². The second kappa shape index (κ2) is 9.70. The van der Waals surface area contributed by atoms with E-state index in [1.807, 2.05) is 30.3 Å². The van der Waals surface area contributed by atoms with Crippen LogP contribution in [0.2, 0.25) is 0 Å². The van der Waals surface area contributed by atoms with Crippen molar-refractivity contribution in [3.63, 3.8) is 0 Å². The molecule has 1 aliphatic carbocycles. The molecule has 4 N–H and O–H groups in total. The second-order valence-corrected chi connectivity index (χ2v) is 7.86. The topological polar surface area (TPSA) is 97.1 Å². The van der Waals surface area contributed by atoms with E-state index in [1.165, 1.54) is 12.3 Å². The zero-order valence-corrected chi connectivity index (χ0v) is 17.6. The van der Waals surface area contributed by atoms with Crippen LogP contribution in [0.5, 0.6) is 0 Å². The minimum absolute atomic E-state index is 0.0326. The molecule has 1 aromatic heterocycles. The Labute approximate surface area is 186 Å². The first-order valence-corrected chi connectivity index (χ1v) is 10.7. The largest absolute Gasteiger partial charge is 0.352 e. The third-order valence-electron chi connectivity index (χ3n) is 5.42. The van der Waals surface area contributed by atoms with Crippen LogP contribution in [0, 0.1) is 5.82 Å². The monoisotopic (exact) mass is 432 g/mol. The van der Waals surface area contributed by atoms with Crippen LogP contribution in [0.1, 0.15) is 44.7 Å². The van der Waals surface area contributed by atoms with E-state index in [0.717, 1.165) is 24.8 Å². The summed E-state index contributed by atoms with van der Waals surface area (Å²) in [5.74, 6) is -1.09. The van der Waals surface area contributed by atoms with Crippen molar-refractivity contribution in [1.29, 1.82) is 0 Å². The number of carbonyl (C=O) groups excluding carboxylic acids is 2. The van der Waals surface area contributed by atoms with Gasteiger partial charge in [0, 0.05) is 42.0 Å². The number of hydrogen-bond acceptors (Lipinski definition) is 4. The number of nitrogens with one attached hydrogen (secondary N) is 2. The fourth-order valence-electron chi connectivity index (χ4n) is 3.45. The van der Waals surface area contributed by atoms with Crippen LogP contribution in [-0.4, -0.2) is 29.4 Å². The molecule has 0 aliphatic heterocycles. The molecule has 3 aromatic rings. The lowest BCUT2D eigenvalue weighted by Crippen LogP contribution is -2.26. The summed E-state index contributed by atoms with van der Waals surface area (Å²) < 4.78 is 14.6. The van der Waals surface area contributed by atoms with Crippen LogP contribution >= 0.6 is 0 Å². The summed E-state index contributed by atoms with van der Waals surface area (Å²) in [6, 6.07) is 16.1. The van der Waals surface area contributed by atoms with Crippen molar-refractivity contribution in [2.24, 2.45) is 5.73 Å². The number of halogens is 1. The number of hydrogen-bond donors (Lipinski definition) is 3. The van der Waals surface area contributed by atoms with Crippen molar-refractivity contribution in [2.75, 3.05) is 6.54 Å². The van der Waals surface area contributed by atoms with E-state index in [0.29, 0.717) is 23.4 Å². The molecular formula is C25H25FN4O2. The average molecular weight is 432 g/mol. The van der Waals surface area contributed by atoms with Gasteiger partial charge >= 0.3 is 0 Å². The molecule has 0 spiro atoms. The van der Waals surface area contributed by atoms with Crippen LogP contribution in [0.3, 0.4) is 0 Å². The summed E-state index contributed by atoms with van der Waals surface area (Å²) >= 11 is 0. The molecule has 0 bridgehead atoms. The normalized spacial score (nSPS) is 12.9. The van der Waals surface area contributed by atoms with Crippen LogP contribution in [0.25, 0.3) is 11.3 Å². The molecular weight excluding hydrogens is 407 g/mol. The molecule has 1 saturated carbocycles. The van der Waals surface area contributed by atoms with Crippen molar-refractivity contribution in [2.45, 2.75) is 31.8 Å². The van der Waals surface area contributed by atoms with Gasteiger partial charge in [-0.05, 0) is 49.1 Å². The minimum Gasteiger partial charge on any atom is -0.352 e. The van der Waals surface area contributed by atoms with Crippen LogP contribution in [-0.2, 0) is 13.0 Å². The predicted molar refractivity (Wildman–Crippen MR) is 120 cm³/mol. The first-order chi connectivity index (χ1) is 15.5. The Balaban J connectivity index is 1.48. The highest BCUT2D eigenvalue weighted by Gasteiger charge is 2.25. The first kappa shape index (κ1) is 21.6. The molecule has 1 heterocycles. The highest BCUT2D eigenvalue weighted by atomic mass is 19.1. The SMILES string of the molecule is NCc1c(F)cc(C(=O)NC2CC2)cc1-c1ccc(C(=O)NCCc2ccccc2)cn1. The molecule has 32 heavy (non-hydrogen) atoms. The van der Waals surface area contributed by atoms with Gasteiger partial charge in [-0.15, -0.1) is 0 Å². The Kier molecular flexibility index (Phi) is 6.56. The van der Waals surface area contributed by atoms with Gasteiger partial charge < -0.3 is 16.4 Å². The zero-order valence-electron chi connectivity index (χ0n) is 17.6. The number of pyridine rings is 1. The molecule has 1 aliphatic rings. The van der Waals surface area contributed by atoms with Gasteiger partial charge in [0.25, 0.3) is 11.8 Å². The van der Waals surface area contributed by atoms with Crippen LogP contribution in [0.15, 0.2) is 60.8 Å². The van der Waals surface area contributed by atoms with E-state index < -0.39 is 5.82 Å². The van der Waals surface area contributed by atoms with Gasteiger partial charge in [0.2, 0.25) is 0 Å². The number of nitrogens with zero attached hydrogens (tertiary/aromatic N) is 1. The van der Waals surface area contributed by atoms with Crippen LogP contribution < -0.4 is 16.4 Å². The van der Waals surface area contributed by atoms with Crippen molar-refractivity contribution in [3.05, 3.63) is 88.9 Å².